The molecule has 4 amide bonds. The summed E-state index contributed by atoms with van der Waals surface area (Å²) in [6, 6.07) is 6.18. The Hall–Kier alpha value is -3.18. The van der Waals surface area contributed by atoms with E-state index in [1.807, 2.05) is 20.8 Å². The summed E-state index contributed by atoms with van der Waals surface area (Å²) in [6.45, 7) is 7.47. The smallest absolute Gasteiger partial charge is 0.253 e. The van der Waals surface area contributed by atoms with E-state index >= 15 is 0 Å². The van der Waals surface area contributed by atoms with Crippen LogP contribution in [0.1, 0.15) is 63.2 Å². The molecule has 1 heterocycles. The van der Waals surface area contributed by atoms with Crippen LogP contribution in [-0.2, 0) is 14.4 Å². The number of hydrogen-bond donors (Lipinski definition) is 2. The SMILES string of the molecule is CN(C)C(=O)c1ccc(ON2CCN(C(=O)C(NC(=O)C(CC3CCCC3)CN(O)C=O)C(C)(C)C)CC2)cc1. The number of nitrogens with zero attached hydrogens (tertiary/aromatic N) is 4. The lowest BCUT2D eigenvalue weighted by molar-refractivity contribution is -0.156. The van der Waals surface area contributed by atoms with E-state index in [-0.39, 0.29) is 24.3 Å². The first-order valence-electron chi connectivity index (χ1n) is 14.1. The van der Waals surface area contributed by atoms with Crippen molar-refractivity contribution in [2.45, 2.75) is 58.9 Å². The third kappa shape index (κ3) is 8.66. The van der Waals surface area contributed by atoms with Gasteiger partial charge in [-0.05, 0) is 42.0 Å². The molecule has 1 saturated carbocycles. The molecular formula is C29H45N5O6. The molecule has 2 atom stereocenters. The second-order valence-electron chi connectivity index (χ2n) is 12.2. The number of hydrogen-bond acceptors (Lipinski definition) is 7. The number of rotatable bonds is 11. The van der Waals surface area contributed by atoms with Crippen LogP contribution >= 0.6 is 0 Å². The Morgan fingerprint density at radius 2 is 1.68 bits per heavy atom. The van der Waals surface area contributed by atoms with E-state index in [1.165, 1.54) is 4.90 Å². The van der Waals surface area contributed by atoms with Gasteiger partial charge in [0.15, 0.2) is 0 Å². The Bertz CT molecular complexity index is 1010. The summed E-state index contributed by atoms with van der Waals surface area (Å²) in [7, 11) is 3.41. The van der Waals surface area contributed by atoms with E-state index in [2.05, 4.69) is 5.32 Å². The second kappa shape index (κ2) is 13.9. The molecule has 1 aromatic carbocycles. The average Bonchev–Trinajstić information content (AvgIpc) is 3.43. The molecule has 40 heavy (non-hydrogen) atoms. The molecule has 222 valence electrons. The van der Waals surface area contributed by atoms with Crippen LogP contribution in [0, 0.1) is 17.3 Å². The van der Waals surface area contributed by atoms with Gasteiger partial charge in [-0.1, -0.05) is 46.5 Å². The summed E-state index contributed by atoms with van der Waals surface area (Å²) in [5.74, 6) is -0.182. The fraction of sp³-hybridized carbons (Fsp3) is 0.655. The van der Waals surface area contributed by atoms with Crippen LogP contribution in [-0.4, -0.2) is 102 Å². The van der Waals surface area contributed by atoms with E-state index < -0.39 is 17.4 Å². The maximum absolute atomic E-state index is 13.6. The Labute approximate surface area is 237 Å². The zero-order valence-electron chi connectivity index (χ0n) is 24.5. The molecule has 11 nitrogen and oxygen atoms in total. The number of carbonyl (C=O) groups is 4. The number of amides is 4. The first-order chi connectivity index (χ1) is 18.9. The standard InChI is InChI=1S/C29H45N5O6/c1-29(2,3)25(30-26(36)23(19-33(39)20-35)18-21-8-6-7-9-21)28(38)32-14-16-34(17-15-32)40-24-12-10-22(11-13-24)27(37)31(4)5/h10-13,20-21,23,25,39H,6-9,14-19H2,1-5H3,(H,30,36). The van der Waals surface area contributed by atoms with Crippen LogP contribution in [0.2, 0.25) is 0 Å². The lowest BCUT2D eigenvalue weighted by Gasteiger charge is -2.39. The molecule has 11 heteroatoms. The van der Waals surface area contributed by atoms with Crippen LogP contribution in [0.5, 0.6) is 5.75 Å². The van der Waals surface area contributed by atoms with Crippen molar-refractivity contribution in [2.75, 3.05) is 46.8 Å². The van der Waals surface area contributed by atoms with Crippen LogP contribution in [0.15, 0.2) is 24.3 Å². The van der Waals surface area contributed by atoms with Gasteiger partial charge in [0.1, 0.15) is 11.8 Å². The highest BCUT2D eigenvalue weighted by atomic mass is 16.7. The topological polar surface area (TPSA) is 123 Å². The van der Waals surface area contributed by atoms with Gasteiger partial charge in [0.2, 0.25) is 18.2 Å². The summed E-state index contributed by atoms with van der Waals surface area (Å²) in [5.41, 5.74) is 0.0273. The van der Waals surface area contributed by atoms with Gasteiger partial charge in [-0.25, -0.2) is 5.06 Å². The molecule has 0 radical (unpaired) electrons. The first-order valence-corrected chi connectivity index (χ1v) is 14.1. The van der Waals surface area contributed by atoms with Crippen LogP contribution in [0.25, 0.3) is 0 Å². The third-order valence-electron chi connectivity index (χ3n) is 7.68. The lowest BCUT2D eigenvalue weighted by Crippen LogP contribution is -2.59. The number of benzene rings is 1. The van der Waals surface area contributed by atoms with E-state index in [1.54, 1.807) is 48.3 Å². The van der Waals surface area contributed by atoms with Crippen LogP contribution in [0.3, 0.4) is 0 Å². The Kier molecular flexibility index (Phi) is 10.9. The van der Waals surface area contributed by atoms with Crippen molar-refractivity contribution in [1.82, 2.24) is 25.2 Å². The maximum Gasteiger partial charge on any atom is 0.253 e. The molecule has 0 bridgehead atoms. The highest BCUT2D eigenvalue weighted by Gasteiger charge is 2.39. The minimum absolute atomic E-state index is 0.0820. The second-order valence-corrected chi connectivity index (χ2v) is 12.2. The zero-order valence-corrected chi connectivity index (χ0v) is 24.5. The summed E-state index contributed by atoms with van der Waals surface area (Å²) >= 11 is 0. The van der Waals surface area contributed by atoms with E-state index in [4.69, 9.17) is 4.84 Å². The summed E-state index contributed by atoms with van der Waals surface area (Å²) < 4.78 is 0. The van der Waals surface area contributed by atoms with Crippen molar-refractivity contribution in [3.8, 4) is 5.75 Å². The van der Waals surface area contributed by atoms with Crippen molar-refractivity contribution in [3.63, 3.8) is 0 Å². The maximum atomic E-state index is 13.6. The predicted octanol–water partition coefficient (Wildman–Crippen LogP) is 2.40. The van der Waals surface area contributed by atoms with Crippen molar-refractivity contribution < 1.29 is 29.2 Å². The number of nitrogens with one attached hydrogen (secondary N) is 1. The predicted molar refractivity (Wildman–Crippen MR) is 149 cm³/mol. The summed E-state index contributed by atoms with van der Waals surface area (Å²) in [5, 5.41) is 15.1. The van der Waals surface area contributed by atoms with Gasteiger partial charge in [-0.15, -0.1) is 5.06 Å². The largest absolute Gasteiger partial charge is 0.406 e. The fourth-order valence-corrected chi connectivity index (χ4v) is 5.34. The van der Waals surface area contributed by atoms with Gasteiger partial charge in [-0.3, -0.25) is 24.4 Å². The third-order valence-corrected chi connectivity index (χ3v) is 7.68. The van der Waals surface area contributed by atoms with Crippen LogP contribution in [0.4, 0.5) is 0 Å². The number of piperazine rings is 1. The van der Waals surface area contributed by atoms with Gasteiger partial charge in [0.05, 0.1) is 25.6 Å². The molecule has 2 N–H and O–H groups in total. The molecule has 0 aromatic heterocycles. The molecule has 3 rings (SSSR count). The summed E-state index contributed by atoms with van der Waals surface area (Å²) in [6.07, 6.45) is 5.18. The first kappa shape index (κ1) is 31.3. The van der Waals surface area contributed by atoms with Gasteiger partial charge < -0.3 is 20.0 Å². The van der Waals surface area contributed by atoms with Gasteiger partial charge in [-0.2, -0.15) is 0 Å². The summed E-state index contributed by atoms with van der Waals surface area (Å²) in [4.78, 5) is 59.4. The highest BCUT2D eigenvalue weighted by Crippen LogP contribution is 2.31. The minimum Gasteiger partial charge on any atom is -0.406 e. The average molecular weight is 560 g/mol. The molecule has 1 aromatic rings. The monoisotopic (exact) mass is 559 g/mol. The quantitative estimate of drug-likeness (QED) is 0.243. The van der Waals surface area contributed by atoms with Crippen molar-refractivity contribution >= 4 is 24.1 Å². The molecule has 2 fully saturated rings. The Balaban J connectivity index is 1.59. The molecule has 0 spiro atoms. The van der Waals surface area contributed by atoms with Gasteiger partial charge >= 0.3 is 0 Å². The molecule has 1 aliphatic heterocycles. The Morgan fingerprint density at radius 3 is 2.20 bits per heavy atom. The molecule has 1 aliphatic carbocycles. The van der Waals surface area contributed by atoms with Crippen molar-refractivity contribution in [2.24, 2.45) is 17.3 Å². The molecular weight excluding hydrogens is 514 g/mol. The molecule has 2 unspecified atom stereocenters. The highest BCUT2D eigenvalue weighted by molar-refractivity contribution is 5.94. The number of carbonyl (C=O) groups excluding carboxylic acids is 4. The molecule has 2 aliphatic rings. The lowest BCUT2D eigenvalue weighted by atomic mass is 9.84. The van der Waals surface area contributed by atoms with Gasteiger partial charge in [0.25, 0.3) is 5.91 Å². The zero-order chi connectivity index (χ0) is 29.4. The van der Waals surface area contributed by atoms with E-state index in [9.17, 15) is 24.4 Å². The number of hydroxylamine groups is 4. The molecule has 1 saturated heterocycles. The van der Waals surface area contributed by atoms with Gasteiger partial charge in [0, 0.05) is 32.7 Å². The van der Waals surface area contributed by atoms with Crippen LogP contribution < -0.4 is 10.2 Å². The van der Waals surface area contributed by atoms with E-state index in [0.29, 0.717) is 61.3 Å². The van der Waals surface area contributed by atoms with E-state index in [0.717, 1.165) is 25.7 Å². The minimum atomic E-state index is -0.760. The Morgan fingerprint density at radius 1 is 1.07 bits per heavy atom. The van der Waals surface area contributed by atoms with Crippen molar-refractivity contribution in [3.05, 3.63) is 29.8 Å². The normalized spacial score (nSPS) is 18.1. The fourth-order valence-electron chi connectivity index (χ4n) is 5.34. The van der Waals surface area contributed by atoms with Crippen molar-refractivity contribution in [1.29, 1.82) is 0 Å².